The predicted octanol–water partition coefficient (Wildman–Crippen LogP) is 5.02. The minimum Gasteiger partial charge on any atom is -0.287 e. The summed E-state index contributed by atoms with van der Waals surface area (Å²) < 4.78 is 28.5. The van der Waals surface area contributed by atoms with Gasteiger partial charge in [0, 0.05) is 5.92 Å². The van der Waals surface area contributed by atoms with Gasteiger partial charge in [-0.1, -0.05) is 60.7 Å². The van der Waals surface area contributed by atoms with Gasteiger partial charge >= 0.3 is 7.82 Å². The van der Waals surface area contributed by atoms with E-state index in [0.29, 0.717) is 0 Å². The van der Waals surface area contributed by atoms with Crippen LogP contribution in [0, 0.1) is 0 Å². The van der Waals surface area contributed by atoms with Gasteiger partial charge in [0.2, 0.25) is 0 Å². The first-order chi connectivity index (χ1) is 11.2. The van der Waals surface area contributed by atoms with Gasteiger partial charge in [0.05, 0.1) is 19.8 Å². The minimum atomic E-state index is -3.51. The first-order valence-electron chi connectivity index (χ1n) is 7.82. The maximum atomic E-state index is 12.5. The Morgan fingerprint density at radius 2 is 1.22 bits per heavy atom. The van der Waals surface area contributed by atoms with Crippen LogP contribution in [0.1, 0.15) is 30.9 Å². The molecule has 0 aliphatic heterocycles. The Kier molecular flexibility index (Phi) is 7.00. The van der Waals surface area contributed by atoms with E-state index in [-0.39, 0.29) is 25.7 Å². The van der Waals surface area contributed by atoms with Crippen LogP contribution in [0.15, 0.2) is 60.7 Å². The summed E-state index contributed by atoms with van der Waals surface area (Å²) in [5.41, 5.74) is 2.19. The number of hydrogen-bond donors (Lipinski definition) is 0. The molecule has 0 radical (unpaired) electrons. The molecule has 0 saturated carbocycles. The normalized spacial score (nSPS) is 11.8. The Morgan fingerprint density at radius 3 is 1.61 bits per heavy atom. The Morgan fingerprint density at radius 1 is 0.783 bits per heavy atom. The molecule has 0 saturated heterocycles. The summed E-state index contributed by atoms with van der Waals surface area (Å²) in [6.45, 7) is 4.31. The molecule has 0 atom stereocenters. The van der Waals surface area contributed by atoms with Crippen LogP contribution >= 0.6 is 7.82 Å². The summed E-state index contributed by atoms with van der Waals surface area (Å²) in [5, 5.41) is 0. The van der Waals surface area contributed by atoms with Gasteiger partial charge in [-0.05, 0) is 25.0 Å². The van der Waals surface area contributed by atoms with E-state index in [0.717, 1.165) is 11.1 Å². The SMILES string of the molecule is CCOP(=O)(OCC)OCC(c1ccccc1)c1ccccc1. The molecular formula is C18H23O4P. The zero-order valence-electron chi connectivity index (χ0n) is 13.6. The van der Waals surface area contributed by atoms with Crippen molar-refractivity contribution in [1.82, 2.24) is 0 Å². The van der Waals surface area contributed by atoms with Gasteiger partial charge in [0.1, 0.15) is 0 Å². The third-order valence-electron chi connectivity index (χ3n) is 3.38. The molecule has 4 nitrogen and oxygen atoms in total. The van der Waals surface area contributed by atoms with Crippen molar-refractivity contribution in [1.29, 1.82) is 0 Å². The van der Waals surface area contributed by atoms with Crippen LogP contribution < -0.4 is 0 Å². The number of rotatable bonds is 9. The first-order valence-corrected chi connectivity index (χ1v) is 9.28. The molecule has 0 N–H and O–H groups in total. The standard InChI is InChI=1S/C18H23O4P/c1-3-20-23(19,21-4-2)22-15-18(16-11-7-5-8-12-16)17-13-9-6-10-14-17/h5-14,18H,3-4,15H2,1-2H3. The molecule has 0 aliphatic carbocycles. The second-order valence-corrected chi connectivity index (χ2v) is 6.62. The Bertz CT molecular complexity index is 566. The molecule has 0 bridgehead atoms. The van der Waals surface area contributed by atoms with Gasteiger partial charge in [-0.25, -0.2) is 4.57 Å². The summed E-state index contributed by atoms with van der Waals surface area (Å²) in [7, 11) is -3.51. The van der Waals surface area contributed by atoms with Crippen LogP contribution in [0.3, 0.4) is 0 Å². The molecule has 0 aliphatic rings. The molecule has 5 heteroatoms. The number of hydrogen-bond acceptors (Lipinski definition) is 4. The van der Waals surface area contributed by atoms with Gasteiger partial charge in [-0.3, -0.25) is 13.6 Å². The molecule has 0 spiro atoms. The molecule has 0 aromatic heterocycles. The summed E-state index contributed by atoms with van der Waals surface area (Å²) >= 11 is 0. The highest BCUT2D eigenvalue weighted by atomic mass is 31.2. The molecule has 2 aromatic rings. The average molecular weight is 334 g/mol. The van der Waals surface area contributed by atoms with Gasteiger partial charge in [-0.15, -0.1) is 0 Å². The third-order valence-corrected chi connectivity index (χ3v) is 4.99. The molecule has 0 unspecified atom stereocenters. The predicted molar refractivity (Wildman–Crippen MR) is 91.5 cm³/mol. The number of phosphoric ester groups is 1. The lowest BCUT2D eigenvalue weighted by atomic mass is 9.92. The van der Waals surface area contributed by atoms with Gasteiger partial charge in [0.15, 0.2) is 0 Å². The van der Waals surface area contributed by atoms with Crippen molar-refractivity contribution < 1.29 is 18.1 Å². The summed E-state index contributed by atoms with van der Waals surface area (Å²) in [6, 6.07) is 20.0. The Balaban J connectivity index is 2.20. The number of benzene rings is 2. The highest BCUT2D eigenvalue weighted by Crippen LogP contribution is 2.50. The van der Waals surface area contributed by atoms with Crippen LogP contribution in [0.25, 0.3) is 0 Å². The first kappa shape index (κ1) is 17.9. The lowest BCUT2D eigenvalue weighted by molar-refractivity contribution is 0.119. The average Bonchev–Trinajstić information content (AvgIpc) is 2.57. The van der Waals surface area contributed by atoms with Gasteiger partial charge < -0.3 is 0 Å². The molecule has 124 valence electrons. The topological polar surface area (TPSA) is 44.8 Å². The fraction of sp³-hybridized carbons (Fsp3) is 0.333. The zero-order valence-corrected chi connectivity index (χ0v) is 14.4. The molecular weight excluding hydrogens is 311 g/mol. The van der Waals surface area contributed by atoms with Crippen molar-refractivity contribution in [3.63, 3.8) is 0 Å². The summed E-state index contributed by atoms with van der Waals surface area (Å²) in [5.74, 6) is -0.0355. The van der Waals surface area contributed by atoms with Gasteiger partial charge in [-0.2, -0.15) is 0 Å². The van der Waals surface area contributed by atoms with Crippen molar-refractivity contribution in [3.05, 3.63) is 71.8 Å². The van der Waals surface area contributed by atoms with E-state index in [1.807, 2.05) is 60.7 Å². The largest absolute Gasteiger partial charge is 0.474 e. The molecule has 0 fully saturated rings. The fourth-order valence-electron chi connectivity index (χ4n) is 2.35. The minimum absolute atomic E-state index is 0.0355. The monoisotopic (exact) mass is 334 g/mol. The highest BCUT2D eigenvalue weighted by Gasteiger charge is 2.27. The van der Waals surface area contributed by atoms with E-state index < -0.39 is 7.82 Å². The highest BCUT2D eigenvalue weighted by molar-refractivity contribution is 7.48. The third kappa shape index (κ3) is 5.29. The Labute approximate surface area is 138 Å². The van der Waals surface area contributed by atoms with Crippen molar-refractivity contribution in [2.75, 3.05) is 19.8 Å². The maximum Gasteiger partial charge on any atom is 0.474 e. The fourth-order valence-corrected chi connectivity index (χ4v) is 3.54. The van der Waals surface area contributed by atoms with E-state index >= 15 is 0 Å². The van der Waals surface area contributed by atoms with E-state index in [1.165, 1.54) is 0 Å². The zero-order chi connectivity index (χ0) is 16.5. The molecule has 0 amide bonds. The van der Waals surface area contributed by atoms with Crippen molar-refractivity contribution >= 4 is 7.82 Å². The molecule has 0 heterocycles. The van der Waals surface area contributed by atoms with E-state index in [9.17, 15) is 4.57 Å². The molecule has 2 rings (SSSR count). The smallest absolute Gasteiger partial charge is 0.287 e. The van der Waals surface area contributed by atoms with Crippen molar-refractivity contribution in [2.45, 2.75) is 19.8 Å². The van der Waals surface area contributed by atoms with Crippen molar-refractivity contribution in [3.8, 4) is 0 Å². The van der Waals surface area contributed by atoms with Gasteiger partial charge in [0.25, 0.3) is 0 Å². The summed E-state index contributed by atoms with van der Waals surface area (Å²) in [6.07, 6.45) is 0. The molecule has 2 aromatic carbocycles. The van der Waals surface area contributed by atoms with Crippen molar-refractivity contribution in [2.24, 2.45) is 0 Å². The van der Waals surface area contributed by atoms with E-state index in [2.05, 4.69) is 0 Å². The number of phosphoric acid groups is 1. The quantitative estimate of drug-likeness (QED) is 0.604. The second-order valence-electron chi connectivity index (χ2n) is 4.95. The van der Waals surface area contributed by atoms with E-state index in [1.54, 1.807) is 13.8 Å². The molecule has 23 heavy (non-hydrogen) atoms. The summed E-state index contributed by atoms with van der Waals surface area (Å²) in [4.78, 5) is 0. The van der Waals surface area contributed by atoms with Crippen LogP contribution in [0.4, 0.5) is 0 Å². The maximum absolute atomic E-state index is 12.5. The van der Waals surface area contributed by atoms with Crippen LogP contribution in [0.2, 0.25) is 0 Å². The van der Waals surface area contributed by atoms with Crippen LogP contribution in [0.5, 0.6) is 0 Å². The Hall–Kier alpha value is -1.45. The lowest BCUT2D eigenvalue weighted by Gasteiger charge is -2.22. The second kappa shape index (κ2) is 8.99. The van der Waals surface area contributed by atoms with Crippen LogP contribution in [-0.2, 0) is 18.1 Å². The lowest BCUT2D eigenvalue weighted by Crippen LogP contribution is -2.11. The van der Waals surface area contributed by atoms with E-state index in [4.69, 9.17) is 13.6 Å². The van der Waals surface area contributed by atoms with Crippen LogP contribution in [-0.4, -0.2) is 19.8 Å².